The standard InChI is InChI=1S/C19H21NO2/c1-13-9-16(21)18-15(10-19(2,3)11-17(18)22)20(13)12-14-7-5-4-6-8-14/h4-9H,10-12H2,1-3H3. The van der Waals surface area contributed by atoms with E-state index in [0.717, 1.165) is 17.8 Å². The molecule has 114 valence electrons. The van der Waals surface area contributed by atoms with Gasteiger partial charge in [0.15, 0.2) is 11.2 Å². The predicted molar refractivity (Wildman–Crippen MR) is 87.4 cm³/mol. The SMILES string of the molecule is Cc1cc(=O)c2c(n1Cc1ccccc1)CC(C)(C)CC2=O. The van der Waals surface area contributed by atoms with Gasteiger partial charge in [0.25, 0.3) is 0 Å². The topological polar surface area (TPSA) is 39.1 Å². The number of aryl methyl sites for hydroxylation is 1. The van der Waals surface area contributed by atoms with Crippen LogP contribution >= 0.6 is 0 Å². The van der Waals surface area contributed by atoms with Gasteiger partial charge in [-0.2, -0.15) is 0 Å². The molecular formula is C19H21NO2. The highest BCUT2D eigenvalue weighted by molar-refractivity contribution is 5.98. The van der Waals surface area contributed by atoms with Crippen molar-refractivity contribution in [3.63, 3.8) is 0 Å². The zero-order valence-corrected chi connectivity index (χ0v) is 13.3. The number of hydrogen-bond acceptors (Lipinski definition) is 2. The minimum Gasteiger partial charge on any atom is -0.344 e. The van der Waals surface area contributed by atoms with Crippen molar-refractivity contribution in [1.82, 2.24) is 4.57 Å². The summed E-state index contributed by atoms with van der Waals surface area (Å²) in [5.41, 5.74) is 3.17. The normalized spacial score (nSPS) is 16.4. The van der Waals surface area contributed by atoms with Gasteiger partial charge in [0.05, 0.1) is 5.56 Å². The summed E-state index contributed by atoms with van der Waals surface area (Å²) in [6, 6.07) is 11.7. The molecule has 0 radical (unpaired) electrons. The number of ketones is 1. The largest absolute Gasteiger partial charge is 0.344 e. The molecule has 0 N–H and O–H groups in total. The summed E-state index contributed by atoms with van der Waals surface area (Å²) < 4.78 is 2.13. The molecule has 2 aromatic rings. The van der Waals surface area contributed by atoms with Gasteiger partial charge in [0, 0.05) is 30.4 Å². The van der Waals surface area contributed by atoms with Crippen LogP contribution in [-0.2, 0) is 13.0 Å². The number of fused-ring (bicyclic) bond motifs is 1. The molecule has 1 aliphatic carbocycles. The quantitative estimate of drug-likeness (QED) is 0.852. The number of pyridine rings is 1. The smallest absolute Gasteiger partial charge is 0.192 e. The highest BCUT2D eigenvalue weighted by Crippen LogP contribution is 2.34. The van der Waals surface area contributed by atoms with E-state index in [4.69, 9.17) is 0 Å². The third kappa shape index (κ3) is 2.63. The molecular weight excluding hydrogens is 274 g/mol. The Balaban J connectivity index is 2.17. The fourth-order valence-corrected chi connectivity index (χ4v) is 3.34. The number of aromatic nitrogens is 1. The van der Waals surface area contributed by atoms with Crippen molar-refractivity contribution in [2.24, 2.45) is 5.41 Å². The van der Waals surface area contributed by atoms with E-state index in [1.165, 1.54) is 5.56 Å². The van der Waals surface area contributed by atoms with Gasteiger partial charge in [0.1, 0.15) is 0 Å². The van der Waals surface area contributed by atoms with Gasteiger partial charge in [-0.05, 0) is 24.3 Å². The maximum absolute atomic E-state index is 12.4. The molecule has 0 spiro atoms. The zero-order chi connectivity index (χ0) is 15.9. The van der Waals surface area contributed by atoms with Gasteiger partial charge in [0.2, 0.25) is 0 Å². The Morgan fingerprint density at radius 1 is 1.09 bits per heavy atom. The first-order valence-corrected chi connectivity index (χ1v) is 7.68. The Labute approximate surface area is 130 Å². The summed E-state index contributed by atoms with van der Waals surface area (Å²) in [5, 5.41) is 0. The molecule has 1 heterocycles. The van der Waals surface area contributed by atoms with Crippen LogP contribution in [0.4, 0.5) is 0 Å². The van der Waals surface area contributed by atoms with E-state index < -0.39 is 0 Å². The van der Waals surface area contributed by atoms with Crippen molar-refractivity contribution >= 4 is 5.78 Å². The van der Waals surface area contributed by atoms with E-state index in [9.17, 15) is 9.59 Å². The Kier molecular flexibility index (Phi) is 3.51. The summed E-state index contributed by atoms with van der Waals surface area (Å²) in [5.74, 6) is -0.0157. The molecule has 3 rings (SSSR count). The fraction of sp³-hybridized carbons (Fsp3) is 0.368. The third-order valence-corrected chi connectivity index (χ3v) is 4.37. The van der Waals surface area contributed by atoms with Crippen molar-refractivity contribution in [3.8, 4) is 0 Å². The van der Waals surface area contributed by atoms with E-state index in [-0.39, 0.29) is 16.6 Å². The molecule has 22 heavy (non-hydrogen) atoms. The molecule has 3 heteroatoms. The highest BCUT2D eigenvalue weighted by atomic mass is 16.1. The van der Waals surface area contributed by atoms with E-state index in [0.29, 0.717) is 18.5 Å². The maximum Gasteiger partial charge on any atom is 0.192 e. The molecule has 0 saturated carbocycles. The molecule has 0 fully saturated rings. The molecule has 1 aliphatic rings. The maximum atomic E-state index is 12.4. The van der Waals surface area contributed by atoms with E-state index in [1.807, 2.05) is 25.1 Å². The van der Waals surface area contributed by atoms with Crippen LogP contribution in [-0.4, -0.2) is 10.4 Å². The summed E-state index contributed by atoms with van der Waals surface area (Å²) >= 11 is 0. The number of nitrogens with zero attached hydrogens (tertiary/aromatic N) is 1. The van der Waals surface area contributed by atoms with Gasteiger partial charge in [-0.15, -0.1) is 0 Å². The van der Waals surface area contributed by atoms with Crippen LogP contribution < -0.4 is 5.43 Å². The Morgan fingerprint density at radius 2 is 1.77 bits per heavy atom. The summed E-state index contributed by atoms with van der Waals surface area (Å²) in [7, 11) is 0. The number of hydrogen-bond donors (Lipinski definition) is 0. The number of carbonyl (C=O) groups is 1. The molecule has 0 saturated heterocycles. The average molecular weight is 295 g/mol. The highest BCUT2D eigenvalue weighted by Gasteiger charge is 2.34. The van der Waals surface area contributed by atoms with Crippen LogP contribution in [0, 0.1) is 12.3 Å². The van der Waals surface area contributed by atoms with Crippen molar-refractivity contribution < 1.29 is 4.79 Å². The van der Waals surface area contributed by atoms with Crippen molar-refractivity contribution in [3.05, 3.63) is 69.1 Å². The first kappa shape index (κ1) is 14.8. The van der Waals surface area contributed by atoms with E-state index in [2.05, 4.69) is 30.5 Å². The lowest BCUT2D eigenvalue weighted by Crippen LogP contribution is -2.35. The van der Waals surface area contributed by atoms with Crippen LogP contribution in [0.3, 0.4) is 0 Å². The summed E-state index contributed by atoms with van der Waals surface area (Å²) in [6.45, 7) is 6.82. The van der Waals surface area contributed by atoms with E-state index >= 15 is 0 Å². The minimum atomic E-state index is -0.127. The van der Waals surface area contributed by atoms with Crippen LogP contribution in [0.1, 0.15) is 47.6 Å². The first-order valence-electron chi connectivity index (χ1n) is 7.68. The Bertz CT molecular complexity index is 785. The predicted octanol–water partition coefficient (Wildman–Crippen LogP) is 3.36. The fourth-order valence-electron chi connectivity index (χ4n) is 3.34. The molecule has 0 unspecified atom stereocenters. The number of Topliss-reactive ketones (excluding diaryl/α,β-unsaturated/α-hetero) is 1. The lowest BCUT2D eigenvalue weighted by atomic mass is 9.75. The second kappa shape index (κ2) is 5.24. The van der Waals surface area contributed by atoms with Gasteiger partial charge < -0.3 is 4.57 Å². The van der Waals surface area contributed by atoms with Crippen molar-refractivity contribution in [1.29, 1.82) is 0 Å². The van der Waals surface area contributed by atoms with Crippen LogP contribution in [0.5, 0.6) is 0 Å². The first-order chi connectivity index (χ1) is 10.4. The minimum absolute atomic E-state index is 0.0157. The zero-order valence-electron chi connectivity index (χ0n) is 13.3. The third-order valence-electron chi connectivity index (χ3n) is 4.37. The molecule has 0 atom stereocenters. The monoisotopic (exact) mass is 295 g/mol. The van der Waals surface area contributed by atoms with Crippen LogP contribution in [0.25, 0.3) is 0 Å². The van der Waals surface area contributed by atoms with Crippen molar-refractivity contribution in [2.75, 3.05) is 0 Å². The van der Waals surface area contributed by atoms with Gasteiger partial charge in [-0.25, -0.2) is 0 Å². The lowest BCUT2D eigenvalue weighted by Gasteiger charge is -2.32. The average Bonchev–Trinajstić information content (AvgIpc) is 2.42. The second-order valence-corrected chi connectivity index (χ2v) is 6.98. The van der Waals surface area contributed by atoms with Gasteiger partial charge >= 0.3 is 0 Å². The number of carbonyl (C=O) groups excluding carboxylic acids is 1. The number of rotatable bonds is 2. The van der Waals surface area contributed by atoms with E-state index in [1.54, 1.807) is 6.07 Å². The van der Waals surface area contributed by atoms with Crippen LogP contribution in [0.2, 0.25) is 0 Å². The number of benzene rings is 1. The molecule has 1 aromatic heterocycles. The Morgan fingerprint density at radius 3 is 2.45 bits per heavy atom. The molecule has 0 bridgehead atoms. The van der Waals surface area contributed by atoms with Gasteiger partial charge in [-0.1, -0.05) is 44.2 Å². The Hall–Kier alpha value is -2.16. The molecule has 0 aliphatic heterocycles. The molecule has 0 amide bonds. The molecule has 1 aromatic carbocycles. The summed E-state index contributed by atoms with van der Waals surface area (Å²) in [6.07, 6.45) is 1.21. The second-order valence-electron chi connectivity index (χ2n) is 6.98. The molecule has 3 nitrogen and oxygen atoms in total. The summed E-state index contributed by atoms with van der Waals surface area (Å²) in [4.78, 5) is 24.7. The van der Waals surface area contributed by atoms with Crippen LogP contribution in [0.15, 0.2) is 41.2 Å². The van der Waals surface area contributed by atoms with Gasteiger partial charge in [-0.3, -0.25) is 9.59 Å². The lowest BCUT2D eigenvalue weighted by molar-refractivity contribution is 0.0906. The van der Waals surface area contributed by atoms with Crippen molar-refractivity contribution in [2.45, 2.75) is 40.2 Å².